The Hall–Kier alpha value is -0.350. The fourth-order valence-electron chi connectivity index (χ4n) is 1.32. The first kappa shape index (κ1) is 13.7. The first-order valence-corrected chi connectivity index (χ1v) is 4.74. The van der Waals surface area contributed by atoms with Gasteiger partial charge in [-0.25, -0.2) is 4.39 Å². The summed E-state index contributed by atoms with van der Waals surface area (Å²) < 4.78 is 12.7. The number of carbonyl (C=O) groups excluding carboxylic acids is 1. The van der Waals surface area contributed by atoms with E-state index in [0.717, 1.165) is 0 Å². The average molecular weight is 225 g/mol. The second kappa shape index (κ2) is 6.19. The van der Waals surface area contributed by atoms with Crippen LogP contribution in [0.2, 0.25) is 0 Å². The Balaban J connectivity index is 0.00000169. The molecule has 0 unspecified atom stereocenters. The Kier molecular flexibility index (Phi) is 6.04. The van der Waals surface area contributed by atoms with Crippen molar-refractivity contribution in [2.45, 2.75) is 32.5 Å². The maximum absolute atomic E-state index is 12.7. The summed E-state index contributed by atoms with van der Waals surface area (Å²) in [6.07, 6.45) is -0.556. The van der Waals surface area contributed by atoms with Gasteiger partial charge >= 0.3 is 0 Å². The monoisotopic (exact) mass is 224 g/mol. The van der Waals surface area contributed by atoms with Gasteiger partial charge in [0.1, 0.15) is 6.17 Å². The lowest BCUT2D eigenvalue weighted by molar-refractivity contribution is -0.123. The third-order valence-electron chi connectivity index (χ3n) is 2.08. The molecule has 1 rings (SSSR count). The Labute approximate surface area is 90.2 Å². The second-order valence-corrected chi connectivity index (χ2v) is 3.93. The van der Waals surface area contributed by atoms with Crippen LogP contribution in [0, 0.1) is 5.92 Å². The molecular formula is C9H18ClFN2O. The molecule has 0 aromatic heterocycles. The third-order valence-corrected chi connectivity index (χ3v) is 2.08. The minimum Gasteiger partial charge on any atom is -0.354 e. The number of halogens is 2. The van der Waals surface area contributed by atoms with Crippen molar-refractivity contribution in [2.75, 3.05) is 13.1 Å². The fraction of sp³-hybridized carbons (Fsp3) is 0.889. The Morgan fingerprint density at radius 1 is 1.64 bits per heavy atom. The smallest absolute Gasteiger partial charge is 0.237 e. The molecule has 0 aliphatic carbocycles. The van der Waals surface area contributed by atoms with Crippen molar-refractivity contribution in [3.05, 3.63) is 0 Å². The van der Waals surface area contributed by atoms with Crippen molar-refractivity contribution in [3.8, 4) is 0 Å². The van der Waals surface area contributed by atoms with Crippen LogP contribution in [0.1, 0.15) is 20.3 Å². The average Bonchev–Trinajstić information content (AvgIpc) is 2.47. The molecule has 1 fully saturated rings. The summed E-state index contributed by atoms with van der Waals surface area (Å²) >= 11 is 0. The summed E-state index contributed by atoms with van der Waals surface area (Å²) in [5, 5.41) is 5.62. The number of alkyl halides is 1. The molecule has 1 aliphatic rings. The molecule has 5 heteroatoms. The third kappa shape index (κ3) is 4.24. The van der Waals surface area contributed by atoms with Crippen LogP contribution >= 0.6 is 12.4 Å². The summed E-state index contributed by atoms with van der Waals surface area (Å²) in [5.41, 5.74) is 0. The molecule has 84 valence electrons. The van der Waals surface area contributed by atoms with Crippen LogP contribution in [0.5, 0.6) is 0 Å². The molecule has 1 saturated heterocycles. The molecule has 0 spiro atoms. The van der Waals surface area contributed by atoms with Crippen molar-refractivity contribution in [1.29, 1.82) is 0 Å². The molecule has 2 atom stereocenters. The van der Waals surface area contributed by atoms with Gasteiger partial charge in [-0.2, -0.15) is 0 Å². The quantitative estimate of drug-likeness (QED) is 0.748. The molecule has 1 amide bonds. The maximum Gasteiger partial charge on any atom is 0.237 e. The number of hydrogen-bond donors (Lipinski definition) is 2. The maximum atomic E-state index is 12.7. The lowest BCUT2D eigenvalue weighted by atomic mass is 10.2. The van der Waals surface area contributed by atoms with Crippen LogP contribution in [0.4, 0.5) is 4.39 Å². The van der Waals surface area contributed by atoms with Gasteiger partial charge in [0.25, 0.3) is 0 Å². The molecule has 14 heavy (non-hydrogen) atoms. The number of hydrogen-bond acceptors (Lipinski definition) is 2. The van der Waals surface area contributed by atoms with Gasteiger partial charge in [0.05, 0.1) is 6.04 Å². The molecule has 0 saturated carbocycles. The molecule has 2 N–H and O–H groups in total. The largest absolute Gasteiger partial charge is 0.354 e. The first-order valence-electron chi connectivity index (χ1n) is 4.74. The fourth-order valence-corrected chi connectivity index (χ4v) is 1.32. The van der Waals surface area contributed by atoms with E-state index in [4.69, 9.17) is 0 Å². The van der Waals surface area contributed by atoms with Crippen LogP contribution in [-0.4, -0.2) is 31.2 Å². The molecule has 0 radical (unpaired) electrons. The number of amides is 1. The number of rotatable bonds is 3. The predicted molar refractivity (Wildman–Crippen MR) is 56.4 cm³/mol. The van der Waals surface area contributed by atoms with Gasteiger partial charge in [-0.15, -0.1) is 12.4 Å². The lowest BCUT2D eigenvalue weighted by Gasteiger charge is -2.12. The predicted octanol–water partition coefficient (Wildman–Crippen LogP) is 0.880. The van der Waals surface area contributed by atoms with E-state index < -0.39 is 6.17 Å². The Bertz CT molecular complexity index is 190. The molecule has 1 aliphatic heterocycles. The van der Waals surface area contributed by atoms with Crippen LogP contribution in [-0.2, 0) is 4.79 Å². The minimum absolute atomic E-state index is 0. The van der Waals surface area contributed by atoms with E-state index in [-0.39, 0.29) is 24.4 Å². The number of nitrogens with one attached hydrogen (secondary N) is 2. The van der Waals surface area contributed by atoms with Gasteiger partial charge < -0.3 is 10.6 Å². The molecule has 3 nitrogen and oxygen atoms in total. The van der Waals surface area contributed by atoms with Crippen LogP contribution in [0.25, 0.3) is 0 Å². The summed E-state index contributed by atoms with van der Waals surface area (Å²) in [7, 11) is 0. The normalized spacial score (nSPS) is 26.0. The van der Waals surface area contributed by atoms with Gasteiger partial charge in [-0.3, -0.25) is 4.79 Å². The molecule has 1 heterocycles. The van der Waals surface area contributed by atoms with Crippen molar-refractivity contribution in [1.82, 2.24) is 10.6 Å². The van der Waals surface area contributed by atoms with E-state index in [9.17, 15) is 9.18 Å². The van der Waals surface area contributed by atoms with Crippen molar-refractivity contribution < 1.29 is 9.18 Å². The summed E-state index contributed by atoms with van der Waals surface area (Å²) in [6.45, 7) is 5.02. The van der Waals surface area contributed by atoms with Crippen LogP contribution in [0.15, 0.2) is 0 Å². The van der Waals surface area contributed by atoms with E-state index in [2.05, 4.69) is 10.6 Å². The molecule has 0 aromatic rings. The van der Waals surface area contributed by atoms with E-state index in [0.29, 0.717) is 25.4 Å². The Morgan fingerprint density at radius 3 is 2.71 bits per heavy atom. The zero-order valence-corrected chi connectivity index (χ0v) is 9.36. The zero-order valence-electron chi connectivity index (χ0n) is 8.55. The van der Waals surface area contributed by atoms with Crippen LogP contribution < -0.4 is 10.6 Å². The molecular weight excluding hydrogens is 207 g/mol. The highest BCUT2D eigenvalue weighted by Gasteiger charge is 2.28. The lowest BCUT2D eigenvalue weighted by Crippen LogP contribution is -2.41. The standard InChI is InChI=1S/C9H17FN2O.ClH/c1-6(2)4-12-9(13)8-3-7(10)5-11-8;/h6-8,11H,3-5H2,1-2H3,(H,12,13);1H/t7-,8+;/m1./s1. The minimum atomic E-state index is -0.866. The van der Waals surface area contributed by atoms with Crippen LogP contribution in [0.3, 0.4) is 0 Å². The highest BCUT2D eigenvalue weighted by atomic mass is 35.5. The van der Waals surface area contributed by atoms with Gasteiger partial charge in [-0.05, 0) is 5.92 Å². The highest BCUT2D eigenvalue weighted by Crippen LogP contribution is 2.09. The SMILES string of the molecule is CC(C)CNC(=O)[C@@H]1C[C@@H](F)CN1.Cl. The van der Waals surface area contributed by atoms with E-state index in [1.165, 1.54) is 0 Å². The summed E-state index contributed by atoms with van der Waals surface area (Å²) in [6, 6.07) is -0.325. The van der Waals surface area contributed by atoms with Gasteiger partial charge in [0.2, 0.25) is 5.91 Å². The van der Waals surface area contributed by atoms with Gasteiger partial charge in [0, 0.05) is 19.5 Å². The van der Waals surface area contributed by atoms with Gasteiger partial charge in [0.15, 0.2) is 0 Å². The van der Waals surface area contributed by atoms with E-state index >= 15 is 0 Å². The summed E-state index contributed by atoms with van der Waals surface area (Å²) in [4.78, 5) is 11.4. The molecule has 0 bridgehead atoms. The first-order chi connectivity index (χ1) is 6.09. The van der Waals surface area contributed by atoms with Crippen molar-refractivity contribution in [2.24, 2.45) is 5.92 Å². The van der Waals surface area contributed by atoms with Gasteiger partial charge in [-0.1, -0.05) is 13.8 Å². The van der Waals surface area contributed by atoms with Crippen molar-refractivity contribution >= 4 is 18.3 Å². The van der Waals surface area contributed by atoms with Crippen molar-refractivity contribution in [3.63, 3.8) is 0 Å². The van der Waals surface area contributed by atoms with E-state index in [1.807, 2.05) is 13.8 Å². The highest BCUT2D eigenvalue weighted by molar-refractivity contribution is 5.85. The Morgan fingerprint density at radius 2 is 2.29 bits per heavy atom. The topological polar surface area (TPSA) is 41.1 Å². The zero-order chi connectivity index (χ0) is 9.84. The second-order valence-electron chi connectivity index (χ2n) is 3.93. The van der Waals surface area contributed by atoms with E-state index in [1.54, 1.807) is 0 Å². The number of carbonyl (C=O) groups is 1. The summed E-state index contributed by atoms with van der Waals surface area (Å²) in [5.74, 6) is 0.361. The molecule has 0 aromatic carbocycles.